The summed E-state index contributed by atoms with van der Waals surface area (Å²) in [6.45, 7) is 1.95. The second-order valence-corrected chi connectivity index (χ2v) is 5.83. The Kier molecular flexibility index (Phi) is 4.18. The number of nitrogens with zero attached hydrogens (tertiary/aromatic N) is 4. The number of hydrogen-bond acceptors (Lipinski definition) is 3. The number of carbonyl (C=O) groups excluding carboxylic acids is 1. The first-order chi connectivity index (χ1) is 11.0. The Balaban J connectivity index is 1.76. The zero-order chi connectivity index (χ0) is 16.4. The maximum atomic E-state index is 12.7. The van der Waals surface area contributed by atoms with Crippen molar-refractivity contribution in [2.24, 2.45) is 7.05 Å². The van der Waals surface area contributed by atoms with Crippen molar-refractivity contribution in [1.29, 1.82) is 0 Å². The van der Waals surface area contributed by atoms with E-state index in [4.69, 9.17) is 5.11 Å². The van der Waals surface area contributed by atoms with E-state index in [1.165, 1.54) is 0 Å². The average molecular weight is 316 g/mol. The molecule has 0 fully saturated rings. The molecular weight excluding hydrogens is 296 g/mol. The van der Waals surface area contributed by atoms with Crippen LogP contribution in [0.1, 0.15) is 34.7 Å². The summed E-state index contributed by atoms with van der Waals surface area (Å²) < 4.78 is 3.72. The first kappa shape index (κ1) is 15.3. The van der Waals surface area contributed by atoms with Gasteiger partial charge in [0.1, 0.15) is 5.69 Å². The minimum absolute atomic E-state index is 0.0132. The molecule has 0 spiro atoms. The number of carbonyl (C=O) groups is 2. The summed E-state index contributed by atoms with van der Waals surface area (Å²) in [5.41, 5.74) is 2.41. The van der Waals surface area contributed by atoms with E-state index in [1.807, 2.05) is 45.6 Å². The molecule has 0 radical (unpaired) electrons. The van der Waals surface area contributed by atoms with E-state index in [2.05, 4.69) is 5.10 Å². The van der Waals surface area contributed by atoms with Gasteiger partial charge in [0.05, 0.1) is 24.4 Å². The smallest absolute Gasteiger partial charge is 0.303 e. The molecule has 1 aliphatic rings. The van der Waals surface area contributed by atoms with Crippen molar-refractivity contribution in [2.45, 2.75) is 32.4 Å². The number of carboxylic acid groups (broad SMARTS) is 1. The predicted molar refractivity (Wildman–Crippen MR) is 83.0 cm³/mol. The molecule has 7 heteroatoms. The number of carboxylic acids is 1. The van der Waals surface area contributed by atoms with Crippen LogP contribution in [0, 0.1) is 0 Å². The molecule has 7 nitrogen and oxygen atoms in total. The second-order valence-electron chi connectivity index (χ2n) is 5.83. The molecule has 2 aromatic rings. The first-order valence-corrected chi connectivity index (χ1v) is 7.72. The molecule has 23 heavy (non-hydrogen) atoms. The maximum absolute atomic E-state index is 12.7. The highest BCUT2D eigenvalue weighted by Crippen LogP contribution is 2.17. The number of rotatable bonds is 4. The normalized spacial score (nSPS) is 14.4. The van der Waals surface area contributed by atoms with Gasteiger partial charge in [-0.25, -0.2) is 0 Å². The lowest BCUT2D eigenvalue weighted by Gasteiger charge is -2.20. The van der Waals surface area contributed by atoms with Crippen molar-refractivity contribution in [1.82, 2.24) is 19.2 Å². The third-order valence-electron chi connectivity index (χ3n) is 4.11. The number of aryl methyl sites for hydroxylation is 3. The SMILES string of the molecule is Cn1cccc1C(=O)N1CCCn2nc(CCC(=O)O)cc2C1. The molecule has 1 N–H and O–H groups in total. The Labute approximate surface area is 134 Å². The molecule has 122 valence electrons. The van der Waals surface area contributed by atoms with Crippen LogP contribution in [-0.4, -0.2) is 42.8 Å². The Hall–Kier alpha value is -2.57. The highest BCUT2D eigenvalue weighted by molar-refractivity contribution is 5.92. The molecule has 0 saturated heterocycles. The zero-order valence-corrected chi connectivity index (χ0v) is 13.1. The van der Waals surface area contributed by atoms with Gasteiger partial charge in [-0.1, -0.05) is 0 Å². The van der Waals surface area contributed by atoms with Crippen molar-refractivity contribution >= 4 is 11.9 Å². The highest BCUT2D eigenvalue weighted by Gasteiger charge is 2.23. The summed E-state index contributed by atoms with van der Waals surface area (Å²) in [7, 11) is 1.86. The molecule has 0 unspecified atom stereocenters. The predicted octanol–water partition coefficient (Wildman–Crippen LogP) is 1.28. The third-order valence-corrected chi connectivity index (χ3v) is 4.11. The number of fused-ring (bicyclic) bond motifs is 1. The van der Waals surface area contributed by atoms with E-state index in [9.17, 15) is 9.59 Å². The summed E-state index contributed by atoms with van der Waals surface area (Å²) in [6.07, 6.45) is 3.19. The molecule has 0 aliphatic carbocycles. The Morgan fingerprint density at radius 1 is 1.35 bits per heavy atom. The maximum Gasteiger partial charge on any atom is 0.303 e. The molecule has 0 atom stereocenters. The quantitative estimate of drug-likeness (QED) is 0.921. The fraction of sp³-hybridized carbons (Fsp3) is 0.438. The van der Waals surface area contributed by atoms with Crippen molar-refractivity contribution in [3.8, 4) is 0 Å². The van der Waals surface area contributed by atoms with Gasteiger partial charge in [0.15, 0.2) is 0 Å². The summed E-state index contributed by atoms with van der Waals surface area (Å²) >= 11 is 0. The summed E-state index contributed by atoms with van der Waals surface area (Å²) in [5, 5.41) is 13.2. The van der Waals surface area contributed by atoms with Crippen LogP contribution < -0.4 is 0 Å². The van der Waals surface area contributed by atoms with Crippen LogP contribution in [0.25, 0.3) is 0 Å². The van der Waals surface area contributed by atoms with Crippen LogP contribution in [-0.2, 0) is 31.4 Å². The number of amides is 1. The molecule has 1 aliphatic heterocycles. The lowest BCUT2D eigenvalue weighted by atomic mass is 10.2. The van der Waals surface area contributed by atoms with E-state index in [1.54, 1.807) is 0 Å². The van der Waals surface area contributed by atoms with Crippen molar-refractivity contribution in [3.63, 3.8) is 0 Å². The van der Waals surface area contributed by atoms with Gasteiger partial charge in [0.2, 0.25) is 0 Å². The molecule has 3 rings (SSSR count). The van der Waals surface area contributed by atoms with Gasteiger partial charge in [0.25, 0.3) is 5.91 Å². The second kappa shape index (κ2) is 6.28. The third kappa shape index (κ3) is 3.28. The van der Waals surface area contributed by atoms with Crippen LogP contribution in [0.15, 0.2) is 24.4 Å². The van der Waals surface area contributed by atoms with Gasteiger partial charge in [-0.15, -0.1) is 0 Å². The molecular formula is C16H20N4O3. The van der Waals surface area contributed by atoms with E-state index in [0.29, 0.717) is 25.2 Å². The molecule has 0 aromatic carbocycles. The average Bonchev–Trinajstić information content (AvgIpc) is 3.05. The number of hydrogen-bond donors (Lipinski definition) is 1. The van der Waals surface area contributed by atoms with Crippen LogP contribution >= 0.6 is 0 Å². The topological polar surface area (TPSA) is 80.4 Å². The van der Waals surface area contributed by atoms with Gasteiger partial charge in [0, 0.05) is 32.8 Å². The monoisotopic (exact) mass is 316 g/mol. The number of aromatic nitrogens is 3. The van der Waals surface area contributed by atoms with Crippen LogP contribution in [0.4, 0.5) is 0 Å². The molecule has 0 saturated carbocycles. The largest absolute Gasteiger partial charge is 0.481 e. The van der Waals surface area contributed by atoms with Crippen molar-refractivity contribution in [3.05, 3.63) is 41.5 Å². The summed E-state index contributed by atoms with van der Waals surface area (Å²) in [4.78, 5) is 25.2. The first-order valence-electron chi connectivity index (χ1n) is 7.72. The minimum Gasteiger partial charge on any atom is -0.481 e. The van der Waals surface area contributed by atoms with Gasteiger partial charge in [-0.2, -0.15) is 5.10 Å². The fourth-order valence-electron chi connectivity index (χ4n) is 2.90. The van der Waals surface area contributed by atoms with E-state index in [-0.39, 0.29) is 12.3 Å². The van der Waals surface area contributed by atoms with E-state index in [0.717, 1.165) is 24.4 Å². The van der Waals surface area contributed by atoms with E-state index >= 15 is 0 Å². The molecule has 3 heterocycles. The van der Waals surface area contributed by atoms with E-state index < -0.39 is 5.97 Å². The highest BCUT2D eigenvalue weighted by atomic mass is 16.4. The Bertz CT molecular complexity index is 732. The fourth-order valence-corrected chi connectivity index (χ4v) is 2.90. The minimum atomic E-state index is -0.825. The summed E-state index contributed by atoms with van der Waals surface area (Å²) in [5.74, 6) is -0.812. The Morgan fingerprint density at radius 2 is 2.17 bits per heavy atom. The van der Waals surface area contributed by atoms with Crippen molar-refractivity contribution in [2.75, 3.05) is 6.54 Å². The van der Waals surface area contributed by atoms with Crippen LogP contribution in [0.2, 0.25) is 0 Å². The lowest BCUT2D eigenvalue weighted by Crippen LogP contribution is -2.31. The standard InChI is InChI=1S/C16H20N4O3/c1-18-7-2-4-14(18)16(23)19-8-3-9-20-13(11-19)10-12(17-20)5-6-15(21)22/h2,4,7,10H,3,5-6,8-9,11H2,1H3,(H,21,22). The van der Waals surface area contributed by atoms with Gasteiger partial charge in [-0.05, 0) is 24.6 Å². The van der Waals surface area contributed by atoms with Gasteiger partial charge >= 0.3 is 5.97 Å². The Morgan fingerprint density at radius 3 is 2.87 bits per heavy atom. The van der Waals surface area contributed by atoms with Gasteiger partial charge < -0.3 is 14.6 Å². The number of aliphatic carboxylic acids is 1. The molecule has 1 amide bonds. The van der Waals surface area contributed by atoms with Gasteiger partial charge in [-0.3, -0.25) is 14.3 Å². The lowest BCUT2D eigenvalue weighted by molar-refractivity contribution is -0.136. The van der Waals surface area contributed by atoms with Crippen LogP contribution in [0.3, 0.4) is 0 Å². The summed E-state index contributed by atoms with van der Waals surface area (Å²) in [6, 6.07) is 5.60. The molecule has 0 bridgehead atoms. The van der Waals surface area contributed by atoms with Crippen LogP contribution in [0.5, 0.6) is 0 Å². The molecule has 2 aromatic heterocycles. The van der Waals surface area contributed by atoms with Crippen molar-refractivity contribution < 1.29 is 14.7 Å². The zero-order valence-electron chi connectivity index (χ0n) is 13.1.